The Kier molecular flexibility index (Phi) is 4.24. The van der Waals surface area contributed by atoms with Crippen LogP contribution in [0.2, 0.25) is 0 Å². The maximum atomic E-state index is 11.9. The quantitative estimate of drug-likeness (QED) is 0.841. The Labute approximate surface area is 112 Å². The molecule has 1 aliphatic rings. The molecule has 1 aliphatic carbocycles. The van der Waals surface area contributed by atoms with Crippen molar-refractivity contribution in [2.24, 2.45) is 7.05 Å². The lowest BCUT2D eigenvalue weighted by molar-refractivity contribution is -0.129. The van der Waals surface area contributed by atoms with Crippen molar-refractivity contribution in [2.75, 3.05) is 0 Å². The molecule has 0 aliphatic heterocycles. The number of esters is 1. The van der Waals surface area contributed by atoms with Crippen LogP contribution in [0.3, 0.4) is 0 Å². The molecule has 2 rings (SSSR count). The molecule has 1 atom stereocenters. The van der Waals surface area contributed by atoms with E-state index in [4.69, 9.17) is 4.74 Å². The van der Waals surface area contributed by atoms with Gasteiger partial charge < -0.3 is 14.6 Å². The molecule has 1 fully saturated rings. The normalized spacial score (nSPS) is 17.2. The first-order valence-corrected chi connectivity index (χ1v) is 6.70. The summed E-state index contributed by atoms with van der Waals surface area (Å²) in [5.74, 6) is -0.684. The molecular weight excluding hydrogens is 244 g/mol. The van der Waals surface area contributed by atoms with Crippen LogP contribution in [0, 0.1) is 0 Å². The number of rotatable bonds is 4. The third-order valence-corrected chi connectivity index (χ3v) is 3.51. The third kappa shape index (κ3) is 3.36. The molecule has 104 valence electrons. The Morgan fingerprint density at radius 2 is 2.11 bits per heavy atom. The van der Waals surface area contributed by atoms with Gasteiger partial charge in [-0.3, -0.25) is 4.79 Å². The SMILES string of the molecule is CC(OC(=O)c1cccn1C)C(=O)NC1CCCC1. The number of carbonyl (C=O) groups excluding carboxylic acids is 2. The van der Waals surface area contributed by atoms with Gasteiger partial charge in [0.05, 0.1) is 0 Å². The van der Waals surface area contributed by atoms with E-state index in [2.05, 4.69) is 5.32 Å². The van der Waals surface area contributed by atoms with Gasteiger partial charge in [-0.2, -0.15) is 0 Å². The summed E-state index contributed by atoms with van der Waals surface area (Å²) in [5, 5.41) is 2.92. The molecular formula is C14H20N2O3. The van der Waals surface area contributed by atoms with Crippen molar-refractivity contribution in [3.8, 4) is 0 Å². The van der Waals surface area contributed by atoms with Crippen molar-refractivity contribution in [3.63, 3.8) is 0 Å². The first kappa shape index (κ1) is 13.6. The fourth-order valence-electron chi connectivity index (χ4n) is 2.34. The first-order chi connectivity index (χ1) is 9.08. The molecule has 0 saturated heterocycles. The second-order valence-electron chi connectivity index (χ2n) is 5.04. The van der Waals surface area contributed by atoms with Crippen molar-refractivity contribution in [1.29, 1.82) is 0 Å². The summed E-state index contributed by atoms with van der Waals surface area (Å²) in [6, 6.07) is 3.67. The van der Waals surface area contributed by atoms with Crippen molar-refractivity contribution < 1.29 is 14.3 Å². The molecule has 0 aromatic carbocycles. The van der Waals surface area contributed by atoms with Gasteiger partial charge in [-0.05, 0) is 31.9 Å². The highest BCUT2D eigenvalue weighted by Gasteiger charge is 2.24. The number of carbonyl (C=O) groups is 2. The van der Waals surface area contributed by atoms with E-state index in [-0.39, 0.29) is 11.9 Å². The Morgan fingerprint density at radius 1 is 1.42 bits per heavy atom. The average Bonchev–Trinajstić information content (AvgIpc) is 3.00. The maximum absolute atomic E-state index is 11.9. The summed E-state index contributed by atoms with van der Waals surface area (Å²) in [4.78, 5) is 23.7. The van der Waals surface area contributed by atoms with Crippen LogP contribution < -0.4 is 5.32 Å². The van der Waals surface area contributed by atoms with E-state index >= 15 is 0 Å². The van der Waals surface area contributed by atoms with E-state index in [1.807, 2.05) is 0 Å². The summed E-state index contributed by atoms with van der Waals surface area (Å²) in [7, 11) is 1.76. The van der Waals surface area contributed by atoms with Crippen molar-refractivity contribution in [3.05, 3.63) is 24.0 Å². The topological polar surface area (TPSA) is 60.3 Å². The molecule has 1 N–H and O–H groups in total. The number of amides is 1. The predicted octanol–water partition coefficient (Wildman–Crippen LogP) is 1.63. The summed E-state index contributed by atoms with van der Waals surface area (Å²) in [6.45, 7) is 1.60. The second-order valence-corrected chi connectivity index (χ2v) is 5.04. The monoisotopic (exact) mass is 264 g/mol. The minimum absolute atomic E-state index is 0.213. The Hall–Kier alpha value is -1.78. The van der Waals surface area contributed by atoms with E-state index in [1.54, 1.807) is 36.9 Å². The van der Waals surface area contributed by atoms with Crippen LogP contribution in [0.1, 0.15) is 43.1 Å². The fraction of sp³-hybridized carbons (Fsp3) is 0.571. The minimum Gasteiger partial charge on any atom is -0.448 e. The highest BCUT2D eigenvalue weighted by Crippen LogP contribution is 2.17. The summed E-state index contributed by atoms with van der Waals surface area (Å²) in [5.41, 5.74) is 0.445. The zero-order chi connectivity index (χ0) is 13.8. The Balaban J connectivity index is 1.86. The van der Waals surface area contributed by atoms with Crippen molar-refractivity contribution in [2.45, 2.75) is 44.8 Å². The molecule has 1 aromatic heterocycles. The number of nitrogens with one attached hydrogen (secondary N) is 1. The number of hydrogen-bond donors (Lipinski definition) is 1. The van der Waals surface area contributed by atoms with E-state index in [0.29, 0.717) is 5.69 Å². The number of aromatic nitrogens is 1. The van der Waals surface area contributed by atoms with Gasteiger partial charge in [0.15, 0.2) is 6.10 Å². The van der Waals surface area contributed by atoms with Crippen LogP contribution in [0.15, 0.2) is 18.3 Å². The predicted molar refractivity (Wildman–Crippen MR) is 70.7 cm³/mol. The summed E-state index contributed by atoms with van der Waals surface area (Å²) < 4.78 is 6.85. The highest BCUT2D eigenvalue weighted by atomic mass is 16.5. The zero-order valence-corrected chi connectivity index (χ0v) is 11.4. The fourth-order valence-corrected chi connectivity index (χ4v) is 2.34. The van der Waals surface area contributed by atoms with Gasteiger partial charge in [0, 0.05) is 19.3 Å². The van der Waals surface area contributed by atoms with Gasteiger partial charge in [-0.15, -0.1) is 0 Å². The molecule has 5 heteroatoms. The smallest absolute Gasteiger partial charge is 0.355 e. The second kappa shape index (κ2) is 5.91. The standard InChI is InChI=1S/C14H20N2O3/c1-10(13(17)15-11-6-3-4-7-11)19-14(18)12-8-5-9-16(12)2/h5,8-11H,3-4,6-7H2,1-2H3,(H,15,17). The molecule has 1 heterocycles. The van der Waals surface area contributed by atoms with Crippen LogP contribution in [0.5, 0.6) is 0 Å². The molecule has 5 nitrogen and oxygen atoms in total. The average molecular weight is 264 g/mol. The Bertz CT molecular complexity index is 461. The number of aryl methyl sites for hydroxylation is 1. The van der Waals surface area contributed by atoms with Crippen LogP contribution in [-0.2, 0) is 16.6 Å². The highest BCUT2D eigenvalue weighted by molar-refractivity contribution is 5.91. The van der Waals surface area contributed by atoms with Crippen LogP contribution in [0.4, 0.5) is 0 Å². The zero-order valence-electron chi connectivity index (χ0n) is 11.4. The lowest BCUT2D eigenvalue weighted by Gasteiger charge is -2.17. The number of hydrogen-bond acceptors (Lipinski definition) is 3. The Morgan fingerprint density at radius 3 is 2.68 bits per heavy atom. The number of nitrogens with zero attached hydrogens (tertiary/aromatic N) is 1. The molecule has 0 radical (unpaired) electrons. The lowest BCUT2D eigenvalue weighted by atomic mass is 10.2. The summed E-state index contributed by atoms with van der Waals surface area (Å²) in [6.07, 6.45) is 5.35. The maximum Gasteiger partial charge on any atom is 0.355 e. The summed E-state index contributed by atoms with van der Waals surface area (Å²) >= 11 is 0. The molecule has 1 aromatic rings. The van der Waals surface area contributed by atoms with Gasteiger partial charge in [0.25, 0.3) is 5.91 Å². The van der Waals surface area contributed by atoms with Gasteiger partial charge in [-0.1, -0.05) is 12.8 Å². The van der Waals surface area contributed by atoms with Gasteiger partial charge in [-0.25, -0.2) is 4.79 Å². The van der Waals surface area contributed by atoms with Crippen LogP contribution in [-0.4, -0.2) is 28.6 Å². The van der Waals surface area contributed by atoms with Gasteiger partial charge in [0.2, 0.25) is 0 Å². The molecule has 19 heavy (non-hydrogen) atoms. The van der Waals surface area contributed by atoms with Crippen LogP contribution >= 0.6 is 0 Å². The molecule has 1 saturated carbocycles. The van der Waals surface area contributed by atoms with Crippen LogP contribution in [0.25, 0.3) is 0 Å². The lowest BCUT2D eigenvalue weighted by Crippen LogP contribution is -2.41. The van der Waals surface area contributed by atoms with Gasteiger partial charge in [0.1, 0.15) is 5.69 Å². The van der Waals surface area contributed by atoms with Crippen molar-refractivity contribution >= 4 is 11.9 Å². The van der Waals surface area contributed by atoms with Gasteiger partial charge >= 0.3 is 5.97 Å². The van der Waals surface area contributed by atoms with E-state index in [9.17, 15) is 9.59 Å². The largest absolute Gasteiger partial charge is 0.448 e. The number of ether oxygens (including phenoxy) is 1. The minimum atomic E-state index is -0.761. The third-order valence-electron chi connectivity index (χ3n) is 3.51. The van der Waals surface area contributed by atoms with E-state index in [0.717, 1.165) is 25.7 Å². The first-order valence-electron chi connectivity index (χ1n) is 6.70. The molecule has 0 spiro atoms. The van der Waals surface area contributed by atoms with Crippen molar-refractivity contribution in [1.82, 2.24) is 9.88 Å². The molecule has 1 amide bonds. The van der Waals surface area contributed by atoms with E-state index < -0.39 is 12.1 Å². The molecule has 1 unspecified atom stereocenters. The van der Waals surface area contributed by atoms with E-state index in [1.165, 1.54) is 0 Å². The molecule has 0 bridgehead atoms.